The van der Waals surface area contributed by atoms with Crippen LogP contribution in [0, 0.1) is 5.92 Å². The number of nitrogens with one attached hydrogen (secondary N) is 1. The molecule has 1 N–H and O–H groups in total. The van der Waals surface area contributed by atoms with Crippen LogP contribution >= 0.6 is 0 Å². The second-order valence-electron chi connectivity index (χ2n) is 5.06. The minimum atomic E-state index is 0.0727. The molecule has 98 valence electrons. The fourth-order valence-corrected chi connectivity index (χ4v) is 2.16. The summed E-state index contributed by atoms with van der Waals surface area (Å²) in [6, 6.07) is 0.232. The number of likely N-dealkylation sites (tertiary alicyclic amines) is 1. The quantitative estimate of drug-likeness (QED) is 0.785. The molecule has 0 aromatic carbocycles. The van der Waals surface area contributed by atoms with Crippen molar-refractivity contribution in [3.63, 3.8) is 0 Å². The molecule has 0 saturated carbocycles. The second kappa shape index (κ2) is 6.74. The van der Waals surface area contributed by atoms with Gasteiger partial charge in [0.15, 0.2) is 0 Å². The van der Waals surface area contributed by atoms with E-state index in [2.05, 4.69) is 17.1 Å². The zero-order chi connectivity index (χ0) is 12.8. The molecule has 1 heterocycles. The van der Waals surface area contributed by atoms with Gasteiger partial charge in [-0.2, -0.15) is 0 Å². The first kappa shape index (κ1) is 14.2. The Morgan fingerprint density at radius 3 is 2.76 bits per heavy atom. The highest BCUT2D eigenvalue weighted by Crippen LogP contribution is 2.16. The number of ketones is 1. The molecule has 0 aromatic rings. The summed E-state index contributed by atoms with van der Waals surface area (Å²) in [5.41, 5.74) is 0. The summed E-state index contributed by atoms with van der Waals surface area (Å²) in [6.45, 7) is 7.80. The van der Waals surface area contributed by atoms with Gasteiger partial charge in [-0.05, 0) is 39.7 Å². The van der Waals surface area contributed by atoms with Crippen molar-refractivity contribution in [2.45, 2.75) is 46.1 Å². The summed E-state index contributed by atoms with van der Waals surface area (Å²) in [7, 11) is 0. The molecular weight excluding hydrogens is 216 g/mol. The standard InChI is InChI=1S/C13H24N2O2/c1-4-10(2)14-13(17)9-15-7-5-6-12(8-15)11(3)16/h10,12H,4-9H2,1-3H3,(H,14,17). The first-order valence-electron chi connectivity index (χ1n) is 6.55. The second-order valence-corrected chi connectivity index (χ2v) is 5.06. The molecule has 4 nitrogen and oxygen atoms in total. The SMILES string of the molecule is CCC(C)NC(=O)CN1CCCC(C(C)=O)C1. The lowest BCUT2D eigenvalue weighted by Crippen LogP contribution is -2.45. The van der Waals surface area contributed by atoms with Crippen molar-refractivity contribution in [3.8, 4) is 0 Å². The maximum absolute atomic E-state index is 11.7. The Labute approximate surface area is 104 Å². The predicted octanol–water partition coefficient (Wildman–Crippen LogP) is 1.20. The maximum Gasteiger partial charge on any atom is 0.234 e. The molecule has 1 amide bonds. The fourth-order valence-electron chi connectivity index (χ4n) is 2.16. The largest absolute Gasteiger partial charge is 0.353 e. The molecule has 2 unspecified atom stereocenters. The van der Waals surface area contributed by atoms with E-state index in [4.69, 9.17) is 0 Å². The zero-order valence-corrected chi connectivity index (χ0v) is 11.2. The fraction of sp³-hybridized carbons (Fsp3) is 0.846. The highest BCUT2D eigenvalue weighted by atomic mass is 16.2. The Morgan fingerprint density at radius 1 is 1.47 bits per heavy atom. The van der Waals surface area contributed by atoms with Gasteiger partial charge in [-0.3, -0.25) is 14.5 Å². The molecule has 17 heavy (non-hydrogen) atoms. The van der Waals surface area contributed by atoms with Crippen LogP contribution in [0.4, 0.5) is 0 Å². The Kier molecular flexibility index (Phi) is 5.62. The van der Waals surface area contributed by atoms with Crippen molar-refractivity contribution < 1.29 is 9.59 Å². The van der Waals surface area contributed by atoms with Crippen molar-refractivity contribution in [1.82, 2.24) is 10.2 Å². The third kappa shape index (κ3) is 4.86. The first-order chi connectivity index (χ1) is 8.02. The zero-order valence-electron chi connectivity index (χ0n) is 11.2. The molecule has 0 radical (unpaired) electrons. The Balaban J connectivity index is 2.35. The number of carbonyl (C=O) groups is 2. The minimum Gasteiger partial charge on any atom is -0.353 e. The summed E-state index contributed by atoms with van der Waals surface area (Å²) >= 11 is 0. The number of piperidine rings is 1. The average molecular weight is 240 g/mol. The number of rotatable bonds is 5. The molecule has 1 fully saturated rings. The third-order valence-electron chi connectivity index (χ3n) is 3.47. The Bertz CT molecular complexity index is 279. The highest BCUT2D eigenvalue weighted by molar-refractivity contribution is 5.80. The lowest BCUT2D eigenvalue weighted by molar-refractivity contribution is -0.126. The molecule has 0 bridgehead atoms. The molecule has 4 heteroatoms. The minimum absolute atomic E-state index is 0.0727. The Morgan fingerprint density at radius 2 is 2.18 bits per heavy atom. The molecule has 2 atom stereocenters. The molecule has 1 aliphatic heterocycles. The number of hydrogen-bond acceptors (Lipinski definition) is 3. The predicted molar refractivity (Wildman–Crippen MR) is 67.7 cm³/mol. The van der Waals surface area contributed by atoms with E-state index in [0.717, 1.165) is 32.4 Å². The smallest absolute Gasteiger partial charge is 0.234 e. The van der Waals surface area contributed by atoms with Crippen LogP contribution in [0.3, 0.4) is 0 Å². The highest BCUT2D eigenvalue weighted by Gasteiger charge is 2.24. The molecule has 1 aliphatic rings. The van der Waals surface area contributed by atoms with E-state index in [1.54, 1.807) is 6.92 Å². The topological polar surface area (TPSA) is 49.4 Å². The van der Waals surface area contributed by atoms with Gasteiger partial charge < -0.3 is 5.32 Å². The monoisotopic (exact) mass is 240 g/mol. The van der Waals surface area contributed by atoms with Gasteiger partial charge in [0, 0.05) is 18.5 Å². The lowest BCUT2D eigenvalue weighted by Gasteiger charge is -2.31. The number of carbonyl (C=O) groups excluding carboxylic acids is 2. The van der Waals surface area contributed by atoms with E-state index in [-0.39, 0.29) is 23.7 Å². The number of hydrogen-bond donors (Lipinski definition) is 1. The van der Waals surface area contributed by atoms with Crippen LogP contribution in [0.2, 0.25) is 0 Å². The summed E-state index contributed by atoms with van der Waals surface area (Å²) < 4.78 is 0. The number of nitrogens with zero attached hydrogens (tertiary/aromatic N) is 1. The van der Waals surface area contributed by atoms with Crippen molar-refractivity contribution in [1.29, 1.82) is 0 Å². The van der Waals surface area contributed by atoms with E-state index in [9.17, 15) is 9.59 Å². The van der Waals surface area contributed by atoms with E-state index in [0.29, 0.717) is 6.54 Å². The van der Waals surface area contributed by atoms with E-state index in [1.165, 1.54) is 0 Å². The Hall–Kier alpha value is -0.900. The van der Waals surface area contributed by atoms with Gasteiger partial charge in [0.25, 0.3) is 0 Å². The summed E-state index contributed by atoms with van der Waals surface area (Å²) in [4.78, 5) is 25.1. The van der Waals surface area contributed by atoms with Gasteiger partial charge in [0.05, 0.1) is 6.54 Å². The van der Waals surface area contributed by atoms with E-state index < -0.39 is 0 Å². The van der Waals surface area contributed by atoms with Gasteiger partial charge in [-0.25, -0.2) is 0 Å². The molecule has 0 aromatic heterocycles. The molecular formula is C13H24N2O2. The normalized spacial score (nSPS) is 23.1. The van der Waals surface area contributed by atoms with Crippen LogP contribution in [0.25, 0.3) is 0 Å². The van der Waals surface area contributed by atoms with Crippen molar-refractivity contribution >= 4 is 11.7 Å². The molecule has 0 spiro atoms. The third-order valence-corrected chi connectivity index (χ3v) is 3.47. The van der Waals surface area contributed by atoms with Crippen molar-refractivity contribution in [2.24, 2.45) is 5.92 Å². The first-order valence-corrected chi connectivity index (χ1v) is 6.55. The summed E-state index contributed by atoms with van der Waals surface area (Å²) in [5, 5.41) is 2.96. The summed E-state index contributed by atoms with van der Waals surface area (Å²) in [6.07, 6.45) is 2.93. The van der Waals surface area contributed by atoms with Crippen LogP contribution in [-0.4, -0.2) is 42.3 Å². The van der Waals surface area contributed by atoms with Gasteiger partial charge in [-0.15, -0.1) is 0 Å². The van der Waals surface area contributed by atoms with E-state index in [1.807, 2.05) is 6.92 Å². The van der Waals surface area contributed by atoms with Crippen LogP contribution in [0.15, 0.2) is 0 Å². The van der Waals surface area contributed by atoms with Crippen LogP contribution in [0.1, 0.15) is 40.0 Å². The lowest BCUT2D eigenvalue weighted by atomic mass is 9.94. The van der Waals surface area contributed by atoms with Crippen LogP contribution in [0.5, 0.6) is 0 Å². The van der Waals surface area contributed by atoms with Gasteiger partial charge in [0.2, 0.25) is 5.91 Å². The van der Waals surface area contributed by atoms with Crippen molar-refractivity contribution in [2.75, 3.05) is 19.6 Å². The van der Waals surface area contributed by atoms with Gasteiger partial charge in [-0.1, -0.05) is 6.92 Å². The van der Waals surface area contributed by atoms with Crippen molar-refractivity contribution in [3.05, 3.63) is 0 Å². The number of amides is 1. The van der Waals surface area contributed by atoms with Crippen LogP contribution in [-0.2, 0) is 9.59 Å². The van der Waals surface area contributed by atoms with E-state index >= 15 is 0 Å². The van der Waals surface area contributed by atoms with Gasteiger partial charge >= 0.3 is 0 Å². The number of Topliss-reactive ketones (excluding diaryl/α,β-unsaturated/α-hetero) is 1. The molecule has 1 rings (SSSR count). The average Bonchev–Trinajstić information content (AvgIpc) is 2.28. The molecule has 1 saturated heterocycles. The summed E-state index contributed by atoms with van der Waals surface area (Å²) in [5.74, 6) is 0.445. The van der Waals surface area contributed by atoms with Gasteiger partial charge in [0.1, 0.15) is 5.78 Å². The molecule has 0 aliphatic carbocycles. The van der Waals surface area contributed by atoms with Crippen LogP contribution < -0.4 is 5.32 Å². The maximum atomic E-state index is 11.7.